The van der Waals surface area contributed by atoms with Crippen LogP contribution in [0.4, 0.5) is 0 Å². The Kier molecular flexibility index (Phi) is 17.7. The van der Waals surface area contributed by atoms with Crippen LogP contribution in [0, 0.1) is 46.3 Å². The van der Waals surface area contributed by atoms with Crippen molar-refractivity contribution in [2.45, 2.75) is 227 Å². The zero-order chi connectivity index (χ0) is 50.7. The third-order valence-corrected chi connectivity index (χ3v) is 18.7. The average Bonchev–Trinajstić information content (AvgIpc) is 3.71. The Morgan fingerprint density at radius 3 is 1.49 bits per heavy atom. The van der Waals surface area contributed by atoms with Gasteiger partial charge < -0.3 is 109 Å². The summed E-state index contributed by atoms with van der Waals surface area (Å²) >= 11 is 0. The lowest BCUT2D eigenvalue weighted by molar-refractivity contribution is -0.375. The van der Waals surface area contributed by atoms with Crippen molar-refractivity contribution >= 4 is 0 Å². The van der Waals surface area contributed by atoms with E-state index in [9.17, 15) is 71.5 Å². The smallest absolute Gasteiger partial charge is 0.187 e. The highest BCUT2D eigenvalue weighted by atomic mass is 16.8. The molecule has 22 heteroatoms. The van der Waals surface area contributed by atoms with Crippen molar-refractivity contribution in [3.8, 4) is 0 Å². The van der Waals surface area contributed by atoms with E-state index in [0.717, 1.165) is 51.4 Å². The summed E-state index contributed by atoms with van der Waals surface area (Å²) in [6, 6.07) is 0. The molecule has 8 fully saturated rings. The minimum atomic E-state index is -1.81. The summed E-state index contributed by atoms with van der Waals surface area (Å²) in [5.74, 6) is 0.345. The second kappa shape index (κ2) is 22.4. The highest BCUT2D eigenvalue weighted by Gasteiger charge is 2.68. The summed E-state index contributed by atoms with van der Waals surface area (Å²) in [7, 11) is 0. The summed E-state index contributed by atoms with van der Waals surface area (Å²) in [4.78, 5) is 0. The van der Waals surface area contributed by atoms with Crippen molar-refractivity contribution in [3.63, 3.8) is 0 Å². The van der Waals surface area contributed by atoms with E-state index in [-0.39, 0.29) is 40.9 Å². The highest BCUT2D eigenvalue weighted by Crippen LogP contribution is 2.69. The normalized spacial score (nSPS) is 54.5. The average molecular weight is 1010 g/mol. The molecule has 0 aromatic heterocycles. The molecule has 4 saturated heterocycles. The Morgan fingerprint density at radius 1 is 0.514 bits per heavy atom. The van der Waals surface area contributed by atoms with E-state index >= 15 is 0 Å². The maximum absolute atomic E-state index is 11.8. The predicted octanol–water partition coefficient (Wildman–Crippen LogP) is -3.29. The Morgan fingerprint density at radius 2 is 0.986 bits per heavy atom. The number of hydrogen-bond donors (Lipinski definition) is 14. The molecule has 9 unspecified atom stereocenters. The summed E-state index contributed by atoms with van der Waals surface area (Å²) in [5, 5.41) is 150. The van der Waals surface area contributed by atoms with Gasteiger partial charge in [0.15, 0.2) is 25.2 Å². The van der Waals surface area contributed by atoms with Crippen molar-refractivity contribution < 1.29 is 109 Å². The van der Waals surface area contributed by atoms with E-state index in [1.165, 1.54) is 0 Å². The summed E-state index contributed by atoms with van der Waals surface area (Å²) in [5.41, 5.74) is -0.767. The first-order chi connectivity index (χ1) is 33.3. The van der Waals surface area contributed by atoms with Crippen molar-refractivity contribution in [1.29, 1.82) is 0 Å². The van der Waals surface area contributed by atoms with E-state index in [0.29, 0.717) is 12.8 Å². The lowest BCUT2D eigenvalue weighted by Crippen LogP contribution is -2.67. The van der Waals surface area contributed by atoms with Gasteiger partial charge in [-0.05, 0) is 79.4 Å². The minimum Gasteiger partial charge on any atom is -0.394 e. The second-order valence-electron chi connectivity index (χ2n) is 22.3. The standard InChI is InChI=1S/C48H82O22/c1-5-8-19(2)21-10-11-22-30-23(14-29(48(21,22)4)68-44-40(62)36(58)42(28(18-52)67-44)70-46-38(60)34(56)32(54)26(16-50)65-46)47(3)12-7-6-9-20(47)13-24(30)63-43-39(61)35(57)41(27(17-51)66-43)69-45-37(59)33(55)31(53)25(15-49)64-45/h19-46,49-62H,5-18H2,1-4H3/t19-,20+,21-,22+,23+,24-,25?,26?,27?,28?,29+,30?,31-,32-,33+,34+,35-,36-,37?,38?,39?,40?,41-,42-,43-,44+,45-,46-,47+,48-/m1/s1. The fraction of sp³-hybridized carbons (Fsp3) is 1.00. The Balaban J connectivity index is 1.06. The van der Waals surface area contributed by atoms with Gasteiger partial charge in [0.2, 0.25) is 0 Å². The van der Waals surface area contributed by atoms with E-state index in [1.54, 1.807) is 0 Å². The van der Waals surface area contributed by atoms with Crippen LogP contribution in [0.15, 0.2) is 0 Å². The quantitative estimate of drug-likeness (QED) is 0.0715. The fourth-order valence-electron chi connectivity index (χ4n) is 14.8. The fourth-order valence-corrected chi connectivity index (χ4v) is 14.8. The molecule has 0 amide bonds. The zero-order valence-corrected chi connectivity index (χ0v) is 40.6. The van der Waals surface area contributed by atoms with Crippen molar-refractivity contribution in [2.75, 3.05) is 26.4 Å². The van der Waals surface area contributed by atoms with Gasteiger partial charge in [0, 0.05) is 5.41 Å². The van der Waals surface area contributed by atoms with Crippen LogP contribution >= 0.6 is 0 Å². The molecule has 0 aromatic carbocycles. The summed E-state index contributed by atoms with van der Waals surface area (Å²) in [6.45, 7) is 6.06. The summed E-state index contributed by atoms with van der Waals surface area (Å²) < 4.78 is 49.2. The Bertz CT molecular complexity index is 1680. The molecule has 8 rings (SSSR count). The number of aliphatic hydroxyl groups is 14. The maximum atomic E-state index is 11.8. The van der Waals surface area contributed by atoms with Crippen LogP contribution < -0.4 is 0 Å². The predicted molar refractivity (Wildman–Crippen MR) is 237 cm³/mol. The monoisotopic (exact) mass is 1010 g/mol. The lowest BCUT2D eigenvalue weighted by Gasteiger charge is -2.65. The summed E-state index contributed by atoms with van der Waals surface area (Å²) in [6.07, 6.45) is -24.4. The molecule has 4 aliphatic carbocycles. The maximum Gasteiger partial charge on any atom is 0.187 e. The van der Waals surface area contributed by atoms with E-state index in [4.69, 9.17) is 37.9 Å². The van der Waals surface area contributed by atoms with Gasteiger partial charge in [-0.25, -0.2) is 0 Å². The van der Waals surface area contributed by atoms with Gasteiger partial charge >= 0.3 is 0 Å². The molecule has 0 radical (unpaired) electrons. The second-order valence-corrected chi connectivity index (χ2v) is 22.3. The molecule has 14 N–H and O–H groups in total. The Hall–Kier alpha value is -0.880. The van der Waals surface area contributed by atoms with Crippen LogP contribution in [-0.4, -0.2) is 233 Å². The SMILES string of the molecule is CCC[C@@H](C)[C@H]1CC[C@H]2C3[C@H](O[C@@H]4OC(CO)[C@@H](O[C@H]5OC(CO)[C@@H](O)[C@H](O)C5O)[C@H](O)C4O)C[C@@H]4CCCC[C@]4(C)[C@H]3C[C@H](O[C@@H]3OC(CO)[C@@H](O[C@H]4OC(CO)[C@@H](O)[C@H](O)C4O)[C@H](O)C3O)[C@]12C. The van der Waals surface area contributed by atoms with Crippen molar-refractivity contribution in [1.82, 2.24) is 0 Å². The molecule has 4 heterocycles. The van der Waals surface area contributed by atoms with Crippen LogP contribution in [0.25, 0.3) is 0 Å². The van der Waals surface area contributed by atoms with Gasteiger partial charge in [-0.3, -0.25) is 0 Å². The van der Waals surface area contributed by atoms with Crippen LogP contribution in [0.1, 0.15) is 91.9 Å². The van der Waals surface area contributed by atoms with Crippen LogP contribution in [-0.2, 0) is 37.9 Å². The van der Waals surface area contributed by atoms with E-state index < -0.39 is 167 Å². The topological polar surface area (TPSA) is 357 Å². The van der Waals surface area contributed by atoms with E-state index in [1.807, 2.05) is 0 Å². The molecule has 4 saturated carbocycles. The van der Waals surface area contributed by atoms with Crippen LogP contribution in [0.5, 0.6) is 0 Å². The van der Waals surface area contributed by atoms with Crippen LogP contribution in [0.2, 0.25) is 0 Å². The third kappa shape index (κ3) is 9.79. The molecule has 70 heavy (non-hydrogen) atoms. The molecule has 4 aliphatic heterocycles. The number of aliphatic hydroxyl groups excluding tert-OH is 14. The highest BCUT2D eigenvalue weighted by molar-refractivity contribution is 5.15. The van der Waals surface area contributed by atoms with Gasteiger partial charge in [-0.15, -0.1) is 0 Å². The molecule has 30 atom stereocenters. The van der Waals surface area contributed by atoms with Crippen LogP contribution in [0.3, 0.4) is 0 Å². The first-order valence-corrected chi connectivity index (χ1v) is 25.8. The largest absolute Gasteiger partial charge is 0.394 e. The molecule has 0 aromatic rings. The lowest BCUT2D eigenvalue weighted by atomic mass is 9.43. The first-order valence-electron chi connectivity index (χ1n) is 25.8. The van der Waals surface area contributed by atoms with Gasteiger partial charge in [0.25, 0.3) is 0 Å². The van der Waals surface area contributed by atoms with E-state index in [2.05, 4.69) is 27.7 Å². The number of ether oxygens (including phenoxy) is 8. The molecule has 8 aliphatic rings. The van der Waals surface area contributed by atoms with Crippen molar-refractivity contribution in [3.05, 3.63) is 0 Å². The van der Waals surface area contributed by atoms with Crippen molar-refractivity contribution in [2.24, 2.45) is 46.3 Å². The molecule has 0 spiro atoms. The molecular formula is C48H82O22. The number of fused-ring (bicyclic) bond motifs is 5. The molecular weight excluding hydrogens is 929 g/mol. The number of hydrogen-bond acceptors (Lipinski definition) is 22. The minimum absolute atomic E-state index is 0.0389. The molecule has 0 bridgehead atoms. The zero-order valence-electron chi connectivity index (χ0n) is 40.6. The Labute approximate surface area is 408 Å². The third-order valence-electron chi connectivity index (χ3n) is 18.7. The van der Waals surface area contributed by atoms with Gasteiger partial charge in [-0.1, -0.05) is 53.4 Å². The van der Waals surface area contributed by atoms with Gasteiger partial charge in [0.05, 0.1) is 38.6 Å². The molecule has 22 nitrogen and oxygen atoms in total. The van der Waals surface area contributed by atoms with Gasteiger partial charge in [-0.2, -0.15) is 0 Å². The number of rotatable bonds is 15. The molecule has 406 valence electrons. The van der Waals surface area contributed by atoms with Gasteiger partial charge in [0.1, 0.15) is 97.7 Å². The first kappa shape index (κ1) is 55.4.